The van der Waals surface area contributed by atoms with Crippen LogP contribution in [0, 0.1) is 5.92 Å². The summed E-state index contributed by atoms with van der Waals surface area (Å²) in [5.74, 6) is 1.41. The van der Waals surface area contributed by atoms with E-state index >= 15 is 0 Å². The number of para-hydroxylation sites is 1. The number of Topliss-reactive ketones (excluding diaryl/α,β-unsaturated/α-hetero) is 1. The highest BCUT2D eigenvalue weighted by Crippen LogP contribution is 2.40. The fourth-order valence-corrected chi connectivity index (χ4v) is 5.01. The predicted molar refractivity (Wildman–Crippen MR) is 119 cm³/mol. The van der Waals surface area contributed by atoms with E-state index in [0.717, 1.165) is 35.3 Å². The van der Waals surface area contributed by atoms with Crippen LogP contribution < -0.4 is 9.47 Å². The molecule has 2 aromatic rings. The number of rotatable bonds is 5. The normalized spacial score (nSPS) is 24.5. The fraction of sp³-hybridized carbons (Fsp3) is 0.400. The molecule has 7 heteroatoms. The lowest BCUT2D eigenvalue weighted by atomic mass is 9.77. The van der Waals surface area contributed by atoms with Gasteiger partial charge in [-0.25, -0.2) is 0 Å². The summed E-state index contributed by atoms with van der Waals surface area (Å²) in [6.45, 7) is 1.10. The average molecular weight is 457 g/mol. The van der Waals surface area contributed by atoms with Crippen LogP contribution in [0.15, 0.2) is 42.7 Å². The molecule has 3 unspecified atom stereocenters. The number of halogens is 1. The zero-order valence-corrected chi connectivity index (χ0v) is 18.6. The Morgan fingerprint density at radius 3 is 2.94 bits per heavy atom. The highest BCUT2D eigenvalue weighted by molar-refractivity contribution is 6.30. The first-order chi connectivity index (χ1) is 15.6. The number of ketones is 1. The number of benzene rings is 2. The Hall–Kier alpha value is -2.54. The minimum Gasteiger partial charge on any atom is -0.496 e. The molecule has 0 N–H and O–H groups in total. The molecule has 0 spiro atoms. The van der Waals surface area contributed by atoms with E-state index < -0.39 is 0 Å². The molecule has 1 saturated carbocycles. The predicted octanol–water partition coefficient (Wildman–Crippen LogP) is 4.91. The number of carbonyl (C=O) groups excluding carboxylic acids is 1. The first-order valence-corrected chi connectivity index (χ1v) is 11.2. The summed E-state index contributed by atoms with van der Waals surface area (Å²) in [5.41, 5.74) is 3.19. The van der Waals surface area contributed by atoms with Crippen molar-refractivity contribution in [2.75, 3.05) is 13.9 Å². The molecule has 0 amide bonds. The van der Waals surface area contributed by atoms with Crippen molar-refractivity contribution in [1.29, 1.82) is 0 Å². The van der Waals surface area contributed by atoms with Gasteiger partial charge in [-0.1, -0.05) is 29.8 Å². The van der Waals surface area contributed by atoms with Crippen LogP contribution in [0.1, 0.15) is 36.0 Å². The molecule has 168 valence electrons. The van der Waals surface area contributed by atoms with E-state index in [-0.39, 0.29) is 30.7 Å². The monoisotopic (exact) mass is 456 g/mol. The van der Waals surface area contributed by atoms with Crippen molar-refractivity contribution in [1.82, 2.24) is 0 Å². The number of methoxy groups -OCH3 is 1. The Balaban J connectivity index is 1.26. The van der Waals surface area contributed by atoms with Crippen LogP contribution >= 0.6 is 11.6 Å². The van der Waals surface area contributed by atoms with Crippen LogP contribution in [0.4, 0.5) is 0 Å². The Morgan fingerprint density at radius 2 is 2.06 bits per heavy atom. The van der Waals surface area contributed by atoms with Crippen molar-refractivity contribution < 1.29 is 28.5 Å². The van der Waals surface area contributed by atoms with Crippen LogP contribution in [0.25, 0.3) is 5.57 Å². The van der Waals surface area contributed by atoms with Gasteiger partial charge in [-0.3, -0.25) is 4.79 Å². The molecule has 0 radical (unpaired) electrons. The summed E-state index contributed by atoms with van der Waals surface area (Å²) < 4.78 is 28.7. The van der Waals surface area contributed by atoms with Gasteiger partial charge in [0, 0.05) is 28.1 Å². The van der Waals surface area contributed by atoms with Gasteiger partial charge in [0.1, 0.15) is 17.6 Å². The maximum atomic E-state index is 13.2. The summed E-state index contributed by atoms with van der Waals surface area (Å²) in [7, 11) is 1.61. The SMILES string of the molecule is COc1ccccc1C1=COC2CC(OCc3cc(Cl)cc4c3OCOC4)CCC2C1=O. The molecule has 32 heavy (non-hydrogen) atoms. The summed E-state index contributed by atoms with van der Waals surface area (Å²) >= 11 is 6.26. The number of allylic oxidation sites excluding steroid dienone is 1. The van der Waals surface area contributed by atoms with E-state index in [1.165, 1.54) is 0 Å². The summed E-state index contributed by atoms with van der Waals surface area (Å²) in [6.07, 6.45) is 3.59. The quantitative estimate of drug-likeness (QED) is 0.637. The van der Waals surface area contributed by atoms with Gasteiger partial charge in [0.05, 0.1) is 44.2 Å². The molecule has 2 aromatic carbocycles. The van der Waals surface area contributed by atoms with Crippen LogP contribution in [0.2, 0.25) is 5.02 Å². The van der Waals surface area contributed by atoms with Gasteiger partial charge >= 0.3 is 0 Å². The molecular weight excluding hydrogens is 432 g/mol. The van der Waals surface area contributed by atoms with Crippen LogP contribution in [0.5, 0.6) is 11.5 Å². The van der Waals surface area contributed by atoms with Crippen molar-refractivity contribution in [3.8, 4) is 11.5 Å². The largest absolute Gasteiger partial charge is 0.496 e. The fourth-order valence-electron chi connectivity index (χ4n) is 4.74. The lowest BCUT2D eigenvalue weighted by molar-refractivity contribution is -0.128. The van der Waals surface area contributed by atoms with Gasteiger partial charge in [0.15, 0.2) is 12.6 Å². The third-order valence-corrected chi connectivity index (χ3v) is 6.55. The number of ether oxygens (including phenoxy) is 5. The molecule has 1 fully saturated rings. The van der Waals surface area contributed by atoms with Gasteiger partial charge in [0.25, 0.3) is 0 Å². The second-order valence-electron chi connectivity index (χ2n) is 8.29. The van der Waals surface area contributed by atoms with Gasteiger partial charge < -0.3 is 23.7 Å². The molecule has 0 aromatic heterocycles. The molecule has 0 bridgehead atoms. The number of hydrogen-bond donors (Lipinski definition) is 0. The van der Waals surface area contributed by atoms with Gasteiger partial charge in [0.2, 0.25) is 0 Å². The highest BCUT2D eigenvalue weighted by atomic mass is 35.5. The standard InChI is InChI=1S/C25H25ClO6/c1-28-22-5-3-2-4-19(22)21-13-31-23-10-18(6-7-20(23)24(21)27)30-12-16-9-17(26)8-15-11-29-14-32-25(15)16/h2-5,8-9,13,18,20,23H,6-7,10-12,14H2,1H3. The van der Waals surface area contributed by atoms with Gasteiger partial charge in [-0.2, -0.15) is 0 Å². The third-order valence-electron chi connectivity index (χ3n) is 6.33. The summed E-state index contributed by atoms with van der Waals surface area (Å²) in [4.78, 5) is 13.2. The lowest BCUT2D eigenvalue weighted by Gasteiger charge is -2.37. The maximum Gasteiger partial charge on any atom is 0.189 e. The lowest BCUT2D eigenvalue weighted by Crippen LogP contribution is -2.41. The Labute approximate surface area is 192 Å². The number of carbonyl (C=O) groups is 1. The molecular formula is C25H25ClO6. The molecule has 1 aliphatic carbocycles. The molecule has 2 aliphatic heterocycles. The van der Waals surface area contributed by atoms with E-state index in [1.807, 2.05) is 36.4 Å². The topological polar surface area (TPSA) is 63.2 Å². The molecule has 3 atom stereocenters. The Morgan fingerprint density at radius 1 is 1.19 bits per heavy atom. The molecule has 0 saturated heterocycles. The van der Waals surface area contributed by atoms with E-state index in [9.17, 15) is 4.79 Å². The van der Waals surface area contributed by atoms with Crippen LogP contribution in [-0.4, -0.2) is 31.9 Å². The molecule has 3 aliphatic rings. The second-order valence-corrected chi connectivity index (χ2v) is 8.72. The molecule has 5 rings (SSSR count). The van der Waals surface area contributed by atoms with Crippen molar-refractivity contribution in [2.45, 2.75) is 44.7 Å². The van der Waals surface area contributed by atoms with E-state index in [1.54, 1.807) is 13.4 Å². The minimum atomic E-state index is -0.183. The summed E-state index contributed by atoms with van der Waals surface area (Å²) in [5, 5.41) is 0.635. The third kappa shape index (κ3) is 4.10. The number of hydrogen-bond acceptors (Lipinski definition) is 6. The van der Waals surface area contributed by atoms with E-state index in [0.29, 0.717) is 36.0 Å². The number of fused-ring (bicyclic) bond motifs is 2. The first kappa shape index (κ1) is 21.3. The van der Waals surface area contributed by atoms with E-state index in [4.69, 9.17) is 35.3 Å². The zero-order valence-electron chi connectivity index (χ0n) is 17.8. The second kappa shape index (κ2) is 9.14. The molecule has 2 heterocycles. The van der Waals surface area contributed by atoms with Crippen molar-refractivity contribution >= 4 is 23.0 Å². The zero-order chi connectivity index (χ0) is 22.1. The first-order valence-electron chi connectivity index (χ1n) is 10.8. The van der Waals surface area contributed by atoms with E-state index in [2.05, 4.69) is 0 Å². The van der Waals surface area contributed by atoms with Crippen molar-refractivity contribution in [3.63, 3.8) is 0 Å². The highest BCUT2D eigenvalue weighted by Gasteiger charge is 2.41. The molecule has 6 nitrogen and oxygen atoms in total. The average Bonchev–Trinajstić information content (AvgIpc) is 2.82. The van der Waals surface area contributed by atoms with Crippen LogP contribution in [0.3, 0.4) is 0 Å². The Kier molecular flexibility index (Phi) is 6.09. The minimum absolute atomic E-state index is 0.000247. The van der Waals surface area contributed by atoms with Gasteiger partial charge in [-0.15, -0.1) is 0 Å². The smallest absolute Gasteiger partial charge is 0.189 e. The van der Waals surface area contributed by atoms with Crippen molar-refractivity contribution in [2.24, 2.45) is 5.92 Å². The van der Waals surface area contributed by atoms with Crippen molar-refractivity contribution in [3.05, 3.63) is 64.4 Å². The van der Waals surface area contributed by atoms with Crippen LogP contribution in [-0.2, 0) is 32.2 Å². The summed E-state index contributed by atoms with van der Waals surface area (Å²) in [6, 6.07) is 11.3. The Bertz CT molecular complexity index is 1050. The van der Waals surface area contributed by atoms with Gasteiger partial charge in [-0.05, 0) is 31.0 Å². The maximum absolute atomic E-state index is 13.2.